The third kappa shape index (κ3) is 2.40. The Morgan fingerprint density at radius 3 is 2.40 bits per heavy atom. The molecule has 2 aromatic rings. The highest BCUT2D eigenvalue weighted by atomic mass is 14.7. The van der Waals surface area contributed by atoms with E-state index in [1.807, 2.05) is 0 Å². The van der Waals surface area contributed by atoms with Gasteiger partial charge in [0, 0.05) is 11.3 Å². The lowest BCUT2D eigenvalue weighted by molar-refractivity contribution is 0.695. The summed E-state index contributed by atoms with van der Waals surface area (Å²) >= 11 is 0. The largest absolute Gasteiger partial charge is 0.252 e. The second kappa shape index (κ2) is 4.90. The molecular weight excluding hydrogens is 242 g/mol. The van der Waals surface area contributed by atoms with Gasteiger partial charge in [-0.15, -0.1) is 0 Å². The first-order chi connectivity index (χ1) is 9.52. The van der Waals surface area contributed by atoms with Gasteiger partial charge >= 0.3 is 0 Å². The van der Waals surface area contributed by atoms with Crippen molar-refractivity contribution in [1.82, 2.24) is 4.98 Å². The summed E-state index contributed by atoms with van der Waals surface area (Å²) in [6, 6.07) is 11.0. The Labute approximate surface area is 121 Å². The van der Waals surface area contributed by atoms with Crippen LogP contribution in [-0.2, 0) is 6.42 Å². The average Bonchev–Trinajstić information content (AvgIpc) is 2.36. The minimum Gasteiger partial charge on any atom is -0.252 e. The first-order valence-electron chi connectivity index (χ1n) is 7.30. The van der Waals surface area contributed by atoms with Crippen LogP contribution < -0.4 is 0 Å². The normalized spacial score (nSPS) is 17.6. The van der Waals surface area contributed by atoms with Gasteiger partial charge in [0.1, 0.15) is 0 Å². The van der Waals surface area contributed by atoms with Gasteiger partial charge < -0.3 is 0 Å². The SMILES string of the molecule is CC1=CC(C)Cc2nc(-c3cc(C)cc(C)c3)ccc21. The van der Waals surface area contributed by atoms with Crippen LogP contribution in [0.15, 0.2) is 36.4 Å². The molecule has 20 heavy (non-hydrogen) atoms. The van der Waals surface area contributed by atoms with Gasteiger partial charge in [-0.25, -0.2) is 0 Å². The van der Waals surface area contributed by atoms with E-state index >= 15 is 0 Å². The molecule has 0 saturated carbocycles. The fraction of sp³-hybridized carbons (Fsp3) is 0.316. The molecule has 1 heterocycles. The quantitative estimate of drug-likeness (QED) is 0.708. The fourth-order valence-electron chi connectivity index (χ4n) is 3.18. The zero-order valence-corrected chi connectivity index (χ0v) is 12.7. The molecule has 1 heteroatoms. The van der Waals surface area contributed by atoms with Crippen LogP contribution in [0.2, 0.25) is 0 Å². The molecule has 1 atom stereocenters. The zero-order valence-electron chi connectivity index (χ0n) is 12.7. The van der Waals surface area contributed by atoms with E-state index in [2.05, 4.69) is 64.1 Å². The van der Waals surface area contributed by atoms with Crippen LogP contribution in [-0.4, -0.2) is 4.98 Å². The molecule has 1 nitrogen and oxygen atoms in total. The third-order valence-electron chi connectivity index (χ3n) is 3.97. The smallest absolute Gasteiger partial charge is 0.0705 e. The van der Waals surface area contributed by atoms with Crippen molar-refractivity contribution in [3.05, 3.63) is 58.8 Å². The predicted octanol–water partition coefficient (Wildman–Crippen LogP) is 4.96. The molecule has 102 valence electrons. The van der Waals surface area contributed by atoms with Crippen LogP contribution in [0.1, 0.15) is 36.2 Å². The molecule has 1 unspecified atom stereocenters. The molecule has 0 radical (unpaired) electrons. The summed E-state index contributed by atoms with van der Waals surface area (Å²) < 4.78 is 0. The Bertz CT molecular complexity index is 675. The first-order valence-corrected chi connectivity index (χ1v) is 7.30. The number of fused-ring (bicyclic) bond motifs is 1. The lowest BCUT2D eigenvalue weighted by Gasteiger charge is -2.19. The maximum atomic E-state index is 4.93. The highest BCUT2D eigenvalue weighted by molar-refractivity contribution is 5.71. The van der Waals surface area contributed by atoms with Crippen LogP contribution in [0.4, 0.5) is 0 Å². The molecular formula is C19H21N. The number of aromatic nitrogens is 1. The highest BCUT2D eigenvalue weighted by Crippen LogP contribution is 2.30. The first kappa shape index (κ1) is 13.1. The van der Waals surface area contributed by atoms with E-state index in [1.165, 1.54) is 33.5 Å². The average molecular weight is 263 g/mol. The van der Waals surface area contributed by atoms with Crippen LogP contribution in [0.3, 0.4) is 0 Å². The molecule has 1 aliphatic rings. The number of hydrogen-bond donors (Lipinski definition) is 0. The minimum absolute atomic E-state index is 0.587. The topological polar surface area (TPSA) is 12.9 Å². The van der Waals surface area contributed by atoms with Crippen molar-refractivity contribution in [2.75, 3.05) is 0 Å². The van der Waals surface area contributed by atoms with E-state index in [0.29, 0.717) is 5.92 Å². The van der Waals surface area contributed by atoms with Gasteiger partial charge in [-0.2, -0.15) is 0 Å². The molecule has 0 saturated heterocycles. The Kier molecular flexibility index (Phi) is 3.21. The molecule has 0 aliphatic heterocycles. The van der Waals surface area contributed by atoms with Crippen molar-refractivity contribution < 1.29 is 0 Å². The van der Waals surface area contributed by atoms with Gasteiger partial charge in [0.15, 0.2) is 0 Å². The molecule has 0 N–H and O–H groups in total. The molecule has 1 aliphatic carbocycles. The van der Waals surface area contributed by atoms with E-state index in [1.54, 1.807) is 0 Å². The Morgan fingerprint density at radius 1 is 1.00 bits per heavy atom. The minimum atomic E-state index is 0.587. The molecule has 3 rings (SSSR count). The summed E-state index contributed by atoms with van der Waals surface area (Å²) in [5, 5.41) is 0. The third-order valence-corrected chi connectivity index (χ3v) is 3.97. The molecule has 1 aromatic heterocycles. The van der Waals surface area contributed by atoms with Crippen LogP contribution in [0.5, 0.6) is 0 Å². The van der Waals surface area contributed by atoms with Gasteiger partial charge in [0.2, 0.25) is 0 Å². The molecule has 0 amide bonds. The number of pyridine rings is 1. The second-order valence-electron chi connectivity index (χ2n) is 6.10. The summed E-state index contributed by atoms with van der Waals surface area (Å²) in [5.41, 5.74) is 8.83. The summed E-state index contributed by atoms with van der Waals surface area (Å²) in [6.45, 7) is 8.73. The Balaban J connectivity index is 2.09. The summed E-state index contributed by atoms with van der Waals surface area (Å²) in [7, 11) is 0. The van der Waals surface area contributed by atoms with Crippen molar-refractivity contribution in [3.63, 3.8) is 0 Å². The van der Waals surface area contributed by atoms with Crippen molar-refractivity contribution >= 4 is 5.57 Å². The van der Waals surface area contributed by atoms with Crippen LogP contribution in [0, 0.1) is 19.8 Å². The number of allylic oxidation sites excluding steroid dienone is 2. The van der Waals surface area contributed by atoms with Gasteiger partial charge in [-0.05, 0) is 62.4 Å². The molecule has 0 bridgehead atoms. The van der Waals surface area contributed by atoms with Crippen molar-refractivity contribution in [2.24, 2.45) is 5.92 Å². The maximum Gasteiger partial charge on any atom is 0.0705 e. The van der Waals surface area contributed by atoms with E-state index in [-0.39, 0.29) is 0 Å². The Hall–Kier alpha value is -1.89. The van der Waals surface area contributed by atoms with Crippen molar-refractivity contribution in [1.29, 1.82) is 0 Å². The van der Waals surface area contributed by atoms with E-state index in [0.717, 1.165) is 12.1 Å². The van der Waals surface area contributed by atoms with Crippen LogP contribution in [0.25, 0.3) is 16.8 Å². The summed E-state index contributed by atoms with van der Waals surface area (Å²) in [5.74, 6) is 0.587. The molecule has 0 spiro atoms. The van der Waals surface area contributed by atoms with Gasteiger partial charge in [0.25, 0.3) is 0 Å². The zero-order chi connectivity index (χ0) is 14.3. The fourth-order valence-corrected chi connectivity index (χ4v) is 3.18. The monoisotopic (exact) mass is 263 g/mol. The van der Waals surface area contributed by atoms with Crippen molar-refractivity contribution in [2.45, 2.75) is 34.1 Å². The van der Waals surface area contributed by atoms with Gasteiger partial charge in [0.05, 0.1) is 5.69 Å². The van der Waals surface area contributed by atoms with Crippen LogP contribution >= 0.6 is 0 Å². The number of benzene rings is 1. The number of hydrogen-bond acceptors (Lipinski definition) is 1. The second-order valence-corrected chi connectivity index (χ2v) is 6.10. The number of nitrogens with zero attached hydrogens (tertiary/aromatic N) is 1. The van der Waals surface area contributed by atoms with Crippen molar-refractivity contribution in [3.8, 4) is 11.3 Å². The van der Waals surface area contributed by atoms with E-state index < -0.39 is 0 Å². The Morgan fingerprint density at radius 2 is 1.70 bits per heavy atom. The highest BCUT2D eigenvalue weighted by Gasteiger charge is 2.16. The predicted molar refractivity (Wildman–Crippen MR) is 85.7 cm³/mol. The van der Waals surface area contributed by atoms with E-state index in [9.17, 15) is 0 Å². The standard InChI is InChI=1S/C19H21N/c1-12-7-13(2)10-16(9-12)18-6-5-17-15(4)8-14(3)11-19(17)20-18/h5-10,14H,11H2,1-4H3. The van der Waals surface area contributed by atoms with E-state index in [4.69, 9.17) is 4.98 Å². The number of aryl methyl sites for hydroxylation is 2. The molecule has 0 fully saturated rings. The lowest BCUT2D eigenvalue weighted by Crippen LogP contribution is -2.09. The number of rotatable bonds is 1. The maximum absolute atomic E-state index is 4.93. The summed E-state index contributed by atoms with van der Waals surface area (Å²) in [6.07, 6.45) is 3.39. The van der Waals surface area contributed by atoms with Gasteiger partial charge in [-0.1, -0.05) is 36.3 Å². The summed E-state index contributed by atoms with van der Waals surface area (Å²) in [4.78, 5) is 4.93. The lowest BCUT2D eigenvalue weighted by atomic mass is 9.89. The molecule has 1 aromatic carbocycles. The van der Waals surface area contributed by atoms with Gasteiger partial charge in [-0.3, -0.25) is 4.98 Å².